The number of amides is 1. The fourth-order valence-electron chi connectivity index (χ4n) is 2.02. The maximum atomic E-state index is 12.0. The van der Waals surface area contributed by atoms with Crippen LogP contribution in [-0.4, -0.2) is 23.8 Å². The van der Waals surface area contributed by atoms with Crippen molar-refractivity contribution in [3.05, 3.63) is 62.1 Å². The van der Waals surface area contributed by atoms with Crippen molar-refractivity contribution in [2.75, 3.05) is 6.79 Å². The number of non-ortho nitro benzene ring substituents is 1. The van der Waals surface area contributed by atoms with E-state index in [2.05, 4.69) is 26.5 Å². The second-order valence-electron chi connectivity index (χ2n) is 4.73. The Kier molecular flexibility index (Phi) is 4.43. The van der Waals surface area contributed by atoms with Gasteiger partial charge in [0.1, 0.15) is 0 Å². The number of nitrogens with zero attached hydrogens (tertiary/aromatic N) is 2. The molecule has 0 saturated heterocycles. The smallest absolute Gasteiger partial charge is 0.271 e. The fraction of sp³-hybridized carbons (Fsp3) is 0.0667. The van der Waals surface area contributed by atoms with E-state index in [0.717, 1.165) is 4.47 Å². The maximum absolute atomic E-state index is 12.0. The van der Waals surface area contributed by atoms with E-state index in [1.165, 1.54) is 30.5 Å². The van der Waals surface area contributed by atoms with Crippen LogP contribution in [0.1, 0.15) is 15.9 Å². The summed E-state index contributed by atoms with van der Waals surface area (Å²) in [6.07, 6.45) is 1.43. The van der Waals surface area contributed by atoms with E-state index in [9.17, 15) is 14.9 Å². The monoisotopic (exact) mass is 391 g/mol. The van der Waals surface area contributed by atoms with E-state index >= 15 is 0 Å². The molecule has 0 fully saturated rings. The molecule has 122 valence electrons. The third-order valence-electron chi connectivity index (χ3n) is 3.18. The van der Waals surface area contributed by atoms with Crippen LogP contribution in [0.15, 0.2) is 46.0 Å². The number of nitro benzene ring substituents is 1. The highest BCUT2D eigenvalue weighted by Gasteiger charge is 2.15. The Labute approximate surface area is 144 Å². The number of hydrogen-bond acceptors (Lipinski definition) is 6. The van der Waals surface area contributed by atoms with Crippen LogP contribution in [0.2, 0.25) is 0 Å². The first-order valence-corrected chi connectivity index (χ1v) is 7.51. The molecule has 0 atom stereocenters. The summed E-state index contributed by atoms with van der Waals surface area (Å²) in [4.78, 5) is 22.1. The third kappa shape index (κ3) is 3.35. The van der Waals surface area contributed by atoms with Gasteiger partial charge in [0.05, 0.1) is 11.1 Å². The quantitative estimate of drug-likeness (QED) is 0.490. The van der Waals surface area contributed by atoms with Gasteiger partial charge in [0.2, 0.25) is 6.79 Å². The zero-order valence-electron chi connectivity index (χ0n) is 12.1. The number of carbonyl (C=O) groups excluding carboxylic acids is 1. The molecule has 0 unspecified atom stereocenters. The zero-order chi connectivity index (χ0) is 17.1. The average Bonchev–Trinajstić information content (AvgIpc) is 3.02. The van der Waals surface area contributed by atoms with Crippen LogP contribution in [0.5, 0.6) is 11.5 Å². The molecule has 0 saturated carbocycles. The first kappa shape index (κ1) is 15.9. The molecule has 1 aliphatic rings. The van der Waals surface area contributed by atoms with Crippen LogP contribution >= 0.6 is 15.9 Å². The normalized spacial score (nSPS) is 12.4. The summed E-state index contributed by atoms with van der Waals surface area (Å²) in [7, 11) is 0. The lowest BCUT2D eigenvalue weighted by Gasteiger charge is -2.02. The van der Waals surface area contributed by atoms with Crippen molar-refractivity contribution in [1.29, 1.82) is 0 Å². The van der Waals surface area contributed by atoms with Crippen LogP contribution in [0, 0.1) is 10.1 Å². The van der Waals surface area contributed by atoms with Crippen LogP contribution < -0.4 is 14.9 Å². The number of hydrogen-bond donors (Lipinski definition) is 1. The molecule has 1 N–H and O–H groups in total. The van der Waals surface area contributed by atoms with Crippen LogP contribution in [0.4, 0.5) is 5.69 Å². The van der Waals surface area contributed by atoms with Crippen LogP contribution in [0.3, 0.4) is 0 Å². The minimum atomic E-state index is -0.566. The standard InChI is InChI=1S/C15H10BrN3O5/c16-12-6-14-13(23-8-24-14)5-10(12)7-17-18-15(20)9-2-1-3-11(4-9)19(21)22/h1-7H,8H2,(H,18,20)/b17-7-. The van der Waals surface area contributed by atoms with E-state index in [0.29, 0.717) is 17.1 Å². The number of benzene rings is 2. The van der Waals surface area contributed by atoms with E-state index in [-0.39, 0.29) is 18.0 Å². The maximum Gasteiger partial charge on any atom is 0.271 e. The van der Waals surface area contributed by atoms with Gasteiger partial charge in [0, 0.05) is 27.7 Å². The number of nitrogens with one attached hydrogen (secondary N) is 1. The summed E-state index contributed by atoms with van der Waals surface area (Å²) in [5, 5.41) is 14.6. The number of fused-ring (bicyclic) bond motifs is 1. The second-order valence-corrected chi connectivity index (χ2v) is 5.59. The molecule has 8 nitrogen and oxygen atoms in total. The van der Waals surface area contributed by atoms with Crippen molar-refractivity contribution in [3.63, 3.8) is 0 Å². The van der Waals surface area contributed by atoms with Crippen molar-refractivity contribution in [2.24, 2.45) is 5.10 Å². The molecular formula is C15H10BrN3O5. The molecule has 0 bridgehead atoms. The molecule has 0 aromatic heterocycles. The Balaban J connectivity index is 1.71. The molecule has 24 heavy (non-hydrogen) atoms. The van der Waals surface area contributed by atoms with Gasteiger partial charge in [-0.05, 0) is 34.1 Å². The number of carbonyl (C=O) groups is 1. The lowest BCUT2D eigenvalue weighted by molar-refractivity contribution is -0.384. The van der Waals surface area contributed by atoms with E-state index < -0.39 is 10.8 Å². The molecule has 9 heteroatoms. The number of rotatable bonds is 4. The van der Waals surface area contributed by atoms with Gasteiger partial charge in [-0.2, -0.15) is 5.10 Å². The molecular weight excluding hydrogens is 382 g/mol. The number of nitro groups is 1. The zero-order valence-corrected chi connectivity index (χ0v) is 13.6. The Hall–Kier alpha value is -2.94. The van der Waals surface area contributed by atoms with Gasteiger partial charge in [-0.25, -0.2) is 5.43 Å². The summed E-state index contributed by atoms with van der Waals surface area (Å²) < 4.78 is 11.2. The molecule has 2 aromatic rings. The van der Waals surface area contributed by atoms with Crippen LogP contribution in [0.25, 0.3) is 0 Å². The molecule has 1 heterocycles. The second kappa shape index (κ2) is 6.67. The lowest BCUT2D eigenvalue weighted by Crippen LogP contribution is -2.17. The molecule has 3 rings (SSSR count). The minimum absolute atomic E-state index is 0.145. The molecule has 1 amide bonds. The summed E-state index contributed by atoms with van der Waals surface area (Å²) >= 11 is 3.37. The predicted octanol–water partition coefficient (Wildman–Crippen LogP) is 2.85. The van der Waals surface area contributed by atoms with Crippen molar-refractivity contribution in [1.82, 2.24) is 5.43 Å². The summed E-state index contributed by atoms with van der Waals surface area (Å²) in [5.74, 6) is 0.663. The van der Waals surface area contributed by atoms with Crippen molar-refractivity contribution >= 4 is 33.7 Å². The highest BCUT2D eigenvalue weighted by atomic mass is 79.9. The average molecular weight is 392 g/mol. The van der Waals surface area contributed by atoms with Crippen molar-refractivity contribution in [3.8, 4) is 11.5 Å². The Morgan fingerprint density at radius 2 is 2.04 bits per heavy atom. The van der Waals surface area contributed by atoms with Crippen molar-refractivity contribution < 1.29 is 19.2 Å². The van der Waals surface area contributed by atoms with Gasteiger partial charge in [-0.15, -0.1) is 0 Å². The minimum Gasteiger partial charge on any atom is -0.454 e. The van der Waals surface area contributed by atoms with Gasteiger partial charge in [0.15, 0.2) is 11.5 Å². The Morgan fingerprint density at radius 3 is 2.79 bits per heavy atom. The largest absolute Gasteiger partial charge is 0.454 e. The first-order valence-electron chi connectivity index (χ1n) is 6.71. The SMILES string of the molecule is O=C(N/N=C\c1cc2c(cc1Br)OCO2)c1cccc([N+](=O)[O-])c1. The highest BCUT2D eigenvalue weighted by Crippen LogP contribution is 2.36. The number of halogens is 1. The summed E-state index contributed by atoms with van der Waals surface area (Å²) in [5.41, 5.74) is 2.99. The van der Waals surface area contributed by atoms with Crippen LogP contribution in [-0.2, 0) is 0 Å². The van der Waals surface area contributed by atoms with Gasteiger partial charge in [-0.3, -0.25) is 14.9 Å². The third-order valence-corrected chi connectivity index (χ3v) is 3.87. The van der Waals surface area contributed by atoms with Gasteiger partial charge in [-0.1, -0.05) is 6.07 Å². The summed E-state index contributed by atoms with van der Waals surface area (Å²) in [6, 6.07) is 8.85. The summed E-state index contributed by atoms with van der Waals surface area (Å²) in [6.45, 7) is 0.159. The lowest BCUT2D eigenvalue weighted by atomic mass is 10.2. The highest BCUT2D eigenvalue weighted by molar-refractivity contribution is 9.10. The van der Waals surface area contributed by atoms with E-state index in [1.54, 1.807) is 12.1 Å². The van der Waals surface area contributed by atoms with E-state index in [1.807, 2.05) is 0 Å². The number of ether oxygens (including phenoxy) is 2. The Bertz CT molecular complexity index is 853. The van der Waals surface area contributed by atoms with E-state index in [4.69, 9.17) is 9.47 Å². The molecule has 2 aromatic carbocycles. The Morgan fingerprint density at radius 1 is 1.29 bits per heavy atom. The van der Waals surface area contributed by atoms with Crippen molar-refractivity contribution in [2.45, 2.75) is 0 Å². The van der Waals surface area contributed by atoms with Gasteiger partial charge < -0.3 is 9.47 Å². The molecule has 0 radical (unpaired) electrons. The predicted molar refractivity (Wildman–Crippen MR) is 88.4 cm³/mol. The fourth-order valence-corrected chi connectivity index (χ4v) is 2.44. The van der Waals surface area contributed by atoms with Gasteiger partial charge >= 0.3 is 0 Å². The number of hydrazone groups is 1. The first-order chi connectivity index (χ1) is 11.5. The molecule has 0 aliphatic carbocycles. The molecule has 1 aliphatic heterocycles. The topological polar surface area (TPSA) is 103 Å². The molecule has 0 spiro atoms. The van der Waals surface area contributed by atoms with Gasteiger partial charge in [0.25, 0.3) is 11.6 Å².